The molecule has 0 bridgehead atoms. The third kappa shape index (κ3) is 1.63. The predicted molar refractivity (Wildman–Crippen MR) is 45.7 cm³/mol. The summed E-state index contributed by atoms with van der Waals surface area (Å²) in [5.41, 5.74) is 10.4. The number of nitrogens with zero attached hydrogens (tertiary/aromatic N) is 1. The van der Waals surface area contributed by atoms with Gasteiger partial charge in [0.15, 0.2) is 0 Å². The molecule has 0 aliphatic rings. The number of alkyl halides is 2. The van der Waals surface area contributed by atoms with Gasteiger partial charge in [-0.3, -0.25) is 0 Å². The molecule has 1 rings (SSSR count). The molecule has 0 radical (unpaired) electrons. The second kappa shape index (κ2) is 3.22. The Balaban J connectivity index is 3.23. The summed E-state index contributed by atoms with van der Waals surface area (Å²) in [5.74, 6) is 0.0475. The second-order valence-corrected chi connectivity index (χ2v) is 2.89. The van der Waals surface area contributed by atoms with Crippen LogP contribution in [-0.4, -0.2) is 4.98 Å². The van der Waals surface area contributed by atoms with Crippen molar-refractivity contribution in [1.29, 1.82) is 0 Å². The summed E-state index contributed by atoms with van der Waals surface area (Å²) in [5, 5.41) is 0. The van der Waals surface area contributed by atoms with Gasteiger partial charge >= 0.3 is 0 Å². The quantitative estimate of drug-likeness (QED) is 0.735. The topological polar surface area (TPSA) is 64.9 Å². The molecule has 4 N–H and O–H groups in total. The Hall–Kier alpha value is -0.910. The molecule has 0 spiro atoms. The Morgan fingerprint density at radius 3 is 2.50 bits per heavy atom. The van der Waals surface area contributed by atoms with Gasteiger partial charge in [0.25, 0.3) is 6.43 Å². The lowest BCUT2D eigenvalue weighted by atomic mass is 10.2. The van der Waals surface area contributed by atoms with Crippen LogP contribution in [0.15, 0.2) is 10.7 Å². The number of nitrogens with two attached hydrogens (primary N) is 2. The van der Waals surface area contributed by atoms with E-state index < -0.39 is 6.43 Å². The van der Waals surface area contributed by atoms with E-state index in [1.54, 1.807) is 0 Å². The van der Waals surface area contributed by atoms with Gasteiger partial charge in [0.05, 0.1) is 11.3 Å². The minimum Gasteiger partial charge on any atom is -0.396 e. The first-order valence-electron chi connectivity index (χ1n) is 3.02. The van der Waals surface area contributed by atoms with Gasteiger partial charge < -0.3 is 11.5 Å². The third-order valence-electron chi connectivity index (χ3n) is 1.30. The highest BCUT2D eigenvalue weighted by atomic mass is 79.9. The van der Waals surface area contributed by atoms with Crippen LogP contribution in [0.1, 0.15) is 12.0 Å². The zero-order valence-electron chi connectivity index (χ0n) is 5.89. The highest BCUT2D eigenvalue weighted by Gasteiger charge is 2.14. The fraction of sp³-hybridized carbons (Fsp3) is 0.167. The lowest BCUT2D eigenvalue weighted by molar-refractivity contribution is 0.150. The molecule has 0 saturated carbocycles. The van der Waals surface area contributed by atoms with Crippen molar-refractivity contribution < 1.29 is 8.78 Å². The zero-order valence-corrected chi connectivity index (χ0v) is 7.48. The van der Waals surface area contributed by atoms with Gasteiger partial charge in [-0.25, -0.2) is 13.8 Å². The molecule has 0 fully saturated rings. The number of hydrogen-bond donors (Lipinski definition) is 2. The minimum absolute atomic E-state index is 0.0317. The second-order valence-electron chi connectivity index (χ2n) is 2.14. The largest absolute Gasteiger partial charge is 0.396 e. The smallest absolute Gasteiger partial charge is 0.266 e. The van der Waals surface area contributed by atoms with Crippen LogP contribution in [0.5, 0.6) is 0 Å². The summed E-state index contributed by atoms with van der Waals surface area (Å²) in [6.45, 7) is 0. The maximum Gasteiger partial charge on any atom is 0.266 e. The summed E-state index contributed by atoms with van der Waals surface area (Å²) < 4.78 is 24.4. The van der Waals surface area contributed by atoms with Crippen LogP contribution >= 0.6 is 15.9 Å². The first kappa shape index (κ1) is 9.18. The van der Waals surface area contributed by atoms with E-state index in [9.17, 15) is 8.78 Å². The highest BCUT2D eigenvalue weighted by Crippen LogP contribution is 2.29. The monoisotopic (exact) mass is 237 g/mol. The van der Waals surface area contributed by atoms with E-state index in [0.29, 0.717) is 0 Å². The minimum atomic E-state index is -2.60. The maximum absolute atomic E-state index is 12.2. The van der Waals surface area contributed by atoms with Crippen molar-refractivity contribution in [2.24, 2.45) is 0 Å². The van der Waals surface area contributed by atoms with Gasteiger partial charge in [-0.05, 0) is 22.0 Å². The van der Waals surface area contributed by atoms with Crippen LogP contribution in [-0.2, 0) is 0 Å². The van der Waals surface area contributed by atoms with E-state index >= 15 is 0 Å². The molecule has 1 heterocycles. The summed E-state index contributed by atoms with van der Waals surface area (Å²) >= 11 is 2.86. The van der Waals surface area contributed by atoms with Crippen LogP contribution in [0.3, 0.4) is 0 Å². The van der Waals surface area contributed by atoms with Crippen molar-refractivity contribution in [1.82, 2.24) is 4.98 Å². The molecule has 12 heavy (non-hydrogen) atoms. The van der Waals surface area contributed by atoms with Crippen LogP contribution in [0.2, 0.25) is 0 Å². The van der Waals surface area contributed by atoms with Crippen molar-refractivity contribution in [3.63, 3.8) is 0 Å². The summed E-state index contributed by atoms with van der Waals surface area (Å²) in [7, 11) is 0. The summed E-state index contributed by atoms with van der Waals surface area (Å²) in [6, 6.07) is 1.11. The fourth-order valence-electron chi connectivity index (χ4n) is 0.689. The number of halogens is 3. The summed E-state index contributed by atoms with van der Waals surface area (Å²) in [6.07, 6.45) is -2.60. The SMILES string of the molecule is Nc1cc(C(F)F)c(Br)nc1N. The van der Waals surface area contributed by atoms with Crippen molar-refractivity contribution in [3.05, 3.63) is 16.2 Å². The number of rotatable bonds is 1. The van der Waals surface area contributed by atoms with Crippen molar-refractivity contribution >= 4 is 27.4 Å². The molecular weight excluding hydrogens is 232 g/mol. The number of aromatic nitrogens is 1. The number of pyridine rings is 1. The Morgan fingerprint density at radius 2 is 2.00 bits per heavy atom. The highest BCUT2D eigenvalue weighted by molar-refractivity contribution is 9.10. The average Bonchev–Trinajstić information content (AvgIpc) is 1.96. The van der Waals surface area contributed by atoms with Crippen LogP contribution in [0.25, 0.3) is 0 Å². The van der Waals surface area contributed by atoms with Gasteiger partial charge in [0.2, 0.25) is 0 Å². The molecule has 0 aromatic carbocycles. The Kier molecular flexibility index (Phi) is 2.46. The van der Waals surface area contributed by atoms with E-state index in [1.807, 2.05) is 0 Å². The first-order valence-corrected chi connectivity index (χ1v) is 3.81. The van der Waals surface area contributed by atoms with Gasteiger partial charge in [0.1, 0.15) is 10.4 Å². The number of hydrogen-bond acceptors (Lipinski definition) is 3. The molecule has 1 aromatic heterocycles. The Morgan fingerprint density at radius 1 is 1.42 bits per heavy atom. The molecular formula is C6H6BrF2N3. The predicted octanol–water partition coefficient (Wildman–Crippen LogP) is 1.95. The Labute approximate surface area is 75.9 Å². The normalized spacial score (nSPS) is 10.7. The third-order valence-corrected chi connectivity index (χ3v) is 1.93. The van der Waals surface area contributed by atoms with Crippen molar-refractivity contribution in [2.45, 2.75) is 6.43 Å². The molecule has 66 valence electrons. The van der Waals surface area contributed by atoms with Crippen molar-refractivity contribution in [3.8, 4) is 0 Å². The van der Waals surface area contributed by atoms with E-state index in [4.69, 9.17) is 11.5 Å². The van der Waals surface area contributed by atoms with E-state index in [0.717, 1.165) is 6.07 Å². The fourth-order valence-corrected chi connectivity index (χ4v) is 1.17. The average molecular weight is 238 g/mol. The van der Waals surface area contributed by atoms with Gasteiger partial charge in [-0.2, -0.15) is 0 Å². The van der Waals surface area contributed by atoms with E-state index in [2.05, 4.69) is 20.9 Å². The maximum atomic E-state index is 12.2. The molecule has 1 aromatic rings. The first-order chi connectivity index (χ1) is 5.52. The zero-order chi connectivity index (χ0) is 9.30. The molecule has 6 heteroatoms. The number of nitrogen functional groups attached to an aromatic ring is 2. The number of anilines is 2. The van der Waals surface area contributed by atoms with E-state index in [-0.39, 0.29) is 21.7 Å². The van der Waals surface area contributed by atoms with Crippen molar-refractivity contribution in [2.75, 3.05) is 11.5 Å². The molecule has 0 aliphatic carbocycles. The molecule has 0 amide bonds. The van der Waals surface area contributed by atoms with Crippen LogP contribution in [0.4, 0.5) is 20.3 Å². The van der Waals surface area contributed by atoms with Gasteiger partial charge in [-0.15, -0.1) is 0 Å². The molecule has 0 unspecified atom stereocenters. The van der Waals surface area contributed by atoms with Gasteiger partial charge in [-0.1, -0.05) is 0 Å². The molecule has 3 nitrogen and oxygen atoms in total. The Bertz CT molecular complexity index is 303. The van der Waals surface area contributed by atoms with Crippen LogP contribution in [0, 0.1) is 0 Å². The van der Waals surface area contributed by atoms with Crippen LogP contribution < -0.4 is 11.5 Å². The van der Waals surface area contributed by atoms with E-state index in [1.165, 1.54) is 0 Å². The van der Waals surface area contributed by atoms with Gasteiger partial charge in [0, 0.05) is 0 Å². The molecule has 0 aliphatic heterocycles. The molecule has 0 saturated heterocycles. The summed E-state index contributed by atoms with van der Waals surface area (Å²) in [4.78, 5) is 3.58. The lowest BCUT2D eigenvalue weighted by Gasteiger charge is -2.05. The molecule has 0 atom stereocenters. The standard InChI is InChI=1S/C6H6BrF2N3/c7-4-2(5(8)9)1-3(10)6(11)12-4/h1,5H,10H2,(H2,11,12). The lowest BCUT2D eigenvalue weighted by Crippen LogP contribution is -2.01.